The average molecular weight is 258 g/mol. The second-order valence-corrected chi connectivity index (χ2v) is 6.27. The molecule has 0 bridgehead atoms. The van der Waals surface area contributed by atoms with Gasteiger partial charge in [-0.15, -0.1) is 11.3 Å². The lowest BCUT2D eigenvalue weighted by Crippen LogP contribution is -2.21. The number of hydrogen-bond acceptors (Lipinski definition) is 2. The van der Waals surface area contributed by atoms with Crippen LogP contribution in [-0.2, 0) is 12.8 Å². The Balaban J connectivity index is 1.82. The van der Waals surface area contributed by atoms with E-state index in [1.807, 2.05) is 0 Å². The maximum Gasteiger partial charge on any atom is 0.0832 e. The highest BCUT2D eigenvalue weighted by Crippen LogP contribution is 2.36. The maximum absolute atomic E-state index is 10.5. The number of benzene rings is 1. The summed E-state index contributed by atoms with van der Waals surface area (Å²) in [6.07, 6.45) is 2.89. The van der Waals surface area contributed by atoms with Gasteiger partial charge in [0.1, 0.15) is 0 Å². The summed E-state index contributed by atoms with van der Waals surface area (Å²) in [6, 6.07) is 10.7. The standard InChI is InChI=1S/C16H18OS/c1-11-15(8-9-18-11)16(17)14-7-6-12-4-2-3-5-13(12)10-14/h2-5,8-9,14,16-17H,6-7,10H2,1H3. The fourth-order valence-corrected chi connectivity index (χ4v) is 3.69. The summed E-state index contributed by atoms with van der Waals surface area (Å²) >= 11 is 1.72. The van der Waals surface area contributed by atoms with Crippen LogP contribution in [0.5, 0.6) is 0 Å². The topological polar surface area (TPSA) is 20.2 Å². The molecule has 1 aromatic heterocycles. The van der Waals surface area contributed by atoms with Crippen molar-refractivity contribution in [2.24, 2.45) is 5.92 Å². The number of rotatable bonds is 2. The molecule has 2 heteroatoms. The lowest BCUT2D eigenvalue weighted by molar-refractivity contribution is 0.0994. The van der Waals surface area contributed by atoms with Crippen molar-refractivity contribution in [2.75, 3.05) is 0 Å². The third-order valence-electron chi connectivity index (χ3n) is 4.05. The molecule has 0 aliphatic heterocycles. The number of thiophene rings is 1. The molecule has 0 amide bonds. The molecule has 94 valence electrons. The quantitative estimate of drug-likeness (QED) is 0.866. The van der Waals surface area contributed by atoms with Crippen molar-refractivity contribution in [2.45, 2.75) is 32.3 Å². The second-order valence-electron chi connectivity index (χ2n) is 5.15. The molecule has 0 saturated heterocycles. The van der Waals surface area contributed by atoms with E-state index >= 15 is 0 Å². The molecule has 1 nitrogen and oxygen atoms in total. The average Bonchev–Trinajstić information content (AvgIpc) is 2.83. The minimum Gasteiger partial charge on any atom is -0.388 e. The van der Waals surface area contributed by atoms with E-state index in [4.69, 9.17) is 0 Å². The van der Waals surface area contributed by atoms with Gasteiger partial charge in [0.15, 0.2) is 0 Å². The summed E-state index contributed by atoms with van der Waals surface area (Å²) in [5.41, 5.74) is 4.01. The summed E-state index contributed by atoms with van der Waals surface area (Å²) in [5.74, 6) is 0.369. The molecule has 1 aliphatic rings. The van der Waals surface area contributed by atoms with Gasteiger partial charge in [0.25, 0.3) is 0 Å². The zero-order valence-corrected chi connectivity index (χ0v) is 11.4. The summed E-state index contributed by atoms with van der Waals surface area (Å²) in [7, 11) is 0. The van der Waals surface area contributed by atoms with Crippen LogP contribution in [0.3, 0.4) is 0 Å². The molecule has 3 rings (SSSR count). The smallest absolute Gasteiger partial charge is 0.0832 e. The molecule has 2 unspecified atom stereocenters. The van der Waals surface area contributed by atoms with E-state index in [-0.39, 0.29) is 6.10 Å². The Morgan fingerprint density at radius 1 is 1.22 bits per heavy atom. The van der Waals surface area contributed by atoms with Gasteiger partial charge in [-0.25, -0.2) is 0 Å². The normalized spacial score (nSPS) is 20.4. The van der Waals surface area contributed by atoms with Crippen molar-refractivity contribution in [1.82, 2.24) is 0 Å². The lowest BCUT2D eigenvalue weighted by Gasteiger charge is -2.28. The van der Waals surface area contributed by atoms with E-state index in [1.165, 1.54) is 16.0 Å². The fourth-order valence-electron chi connectivity index (χ4n) is 2.95. The zero-order chi connectivity index (χ0) is 12.5. The molecule has 1 N–H and O–H groups in total. The molecule has 1 heterocycles. The van der Waals surface area contributed by atoms with Crippen molar-refractivity contribution in [3.8, 4) is 0 Å². The molecule has 2 atom stereocenters. The van der Waals surface area contributed by atoms with Crippen LogP contribution in [0.25, 0.3) is 0 Å². The van der Waals surface area contributed by atoms with Gasteiger partial charge in [-0.1, -0.05) is 24.3 Å². The van der Waals surface area contributed by atoms with E-state index in [0.717, 1.165) is 24.8 Å². The van der Waals surface area contributed by atoms with Gasteiger partial charge in [-0.2, -0.15) is 0 Å². The highest BCUT2D eigenvalue weighted by Gasteiger charge is 2.26. The van der Waals surface area contributed by atoms with Gasteiger partial charge >= 0.3 is 0 Å². The zero-order valence-electron chi connectivity index (χ0n) is 10.6. The number of aliphatic hydroxyl groups is 1. The molecule has 0 radical (unpaired) electrons. The Hall–Kier alpha value is -1.12. The molecule has 2 aromatic rings. The molecule has 0 spiro atoms. The van der Waals surface area contributed by atoms with Crippen LogP contribution in [0.4, 0.5) is 0 Å². The molecule has 1 aliphatic carbocycles. The van der Waals surface area contributed by atoms with Crippen LogP contribution in [0, 0.1) is 12.8 Å². The van der Waals surface area contributed by atoms with Crippen LogP contribution in [0.1, 0.15) is 34.1 Å². The predicted octanol–water partition coefficient (Wildman–Crippen LogP) is 3.90. The van der Waals surface area contributed by atoms with Gasteiger partial charge in [0, 0.05) is 4.88 Å². The summed E-state index contributed by atoms with van der Waals surface area (Å²) in [4.78, 5) is 1.25. The van der Waals surface area contributed by atoms with Crippen molar-refractivity contribution in [1.29, 1.82) is 0 Å². The molecular formula is C16H18OS. The van der Waals surface area contributed by atoms with Crippen LogP contribution in [0.2, 0.25) is 0 Å². The molecule has 0 fully saturated rings. The van der Waals surface area contributed by atoms with Crippen LogP contribution in [-0.4, -0.2) is 5.11 Å². The van der Waals surface area contributed by atoms with Gasteiger partial charge < -0.3 is 5.11 Å². The van der Waals surface area contributed by atoms with Gasteiger partial charge in [-0.3, -0.25) is 0 Å². The van der Waals surface area contributed by atoms with Crippen LogP contribution < -0.4 is 0 Å². The minimum atomic E-state index is -0.301. The molecule has 0 saturated carbocycles. The van der Waals surface area contributed by atoms with Gasteiger partial charge in [0.05, 0.1) is 6.10 Å². The largest absolute Gasteiger partial charge is 0.388 e. The lowest BCUT2D eigenvalue weighted by atomic mass is 9.79. The SMILES string of the molecule is Cc1sccc1C(O)C1CCc2ccccc2C1. The monoisotopic (exact) mass is 258 g/mol. The third-order valence-corrected chi connectivity index (χ3v) is 4.91. The first-order valence-corrected chi connectivity index (χ1v) is 7.42. The molecule has 1 aromatic carbocycles. The van der Waals surface area contributed by atoms with E-state index in [9.17, 15) is 5.11 Å². The number of aliphatic hydroxyl groups excluding tert-OH is 1. The Morgan fingerprint density at radius 3 is 2.72 bits per heavy atom. The Labute approximate surface area is 112 Å². The summed E-state index contributed by atoms with van der Waals surface area (Å²) < 4.78 is 0. The Kier molecular flexibility index (Phi) is 3.23. The highest BCUT2D eigenvalue weighted by molar-refractivity contribution is 7.10. The number of aryl methyl sites for hydroxylation is 2. The third kappa shape index (κ3) is 2.11. The minimum absolute atomic E-state index is 0.301. The summed E-state index contributed by atoms with van der Waals surface area (Å²) in [6.45, 7) is 2.10. The van der Waals surface area contributed by atoms with Crippen molar-refractivity contribution < 1.29 is 5.11 Å². The first-order valence-electron chi connectivity index (χ1n) is 6.54. The van der Waals surface area contributed by atoms with Crippen LogP contribution in [0.15, 0.2) is 35.7 Å². The van der Waals surface area contributed by atoms with Gasteiger partial charge in [0.2, 0.25) is 0 Å². The first-order chi connectivity index (χ1) is 8.75. The molecule has 18 heavy (non-hydrogen) atoms. The van der Waals surface area contributed by atoms with E-state index in [0.29, 0.717) is 5.92 Å². The fraction of sp³-hybridized carbons (Fsp3) is 0.375. The Bertz CT molecular complexity index is 544. The second kappa shape index (κ2) is 4.87. The van der Waals surface area contributed by atoms with Crippen molar-refractivity contribution in [3.63, 3.8) is 0 Å². The van der Waals surface area contributed by atoms with E-state index in [1.54, 1.807) is 11.3 Å². The Morgan fingerprint density at radius 2 is 2.00 bits per heavy atom. The predicted molar refractivity (Wildman–Crippen MR) is 76.0 cm³/mol. The number of fused-ring (bicyclic) bond motifs is 1. The van der Waals surface area contributed by atoms with Crippen molar-refractivity contribution >= 4 is 11.3 Å². The van der Waals surface area contributed by atoms with E-state index in [2.05, 4.69) is 42.6 Å². The first kappa shape index (κ1) is 11.9. The number of hydrogen-bond donors (Lipinski definition) is 1. The van der Waals surface area contributed by atoms with Gasteiger partial charge in [-0.05, 0) is 60.2 Å². The maximum atomic E-state index is 10.5. The summed E-state index contributed by atoms with van der Waals surface area (Å²) in [5, 5.41) is 12.6. The molecular weight excluding hydrogens is 240 g/mol. The van der Waals surface area contributed by atoms with E-state index < -0.39 is 0 Å². The highest BCUT2D eigenvalue weighted by atomic mass is 32.1. The van der Waals surface area contributed by atoms with Crippen LogP contribution >= 0.6 is 11.3 Å². The van der Waals surface area contributed by atoms with Crippen molar-refractivity contribution in [3.05, 3.63) is 57.3 Å².